The smallest absolute Gasteiger partial charge is 0.231 e. The van der Waals surface area contributed by atoms with Crippen LogP contribution in [0.25, 0.3) is 0 Å². The SMILES string of the molecule is O=C1c2ccccc2CC12C(c1ccc3c(c1)OCO3)C1CSCN1C21C(=O)C2C=CC=C3C=CC=C1C32. The first-order valence-electron chi connectivity index (χ1n) is 13.3. The molecule has 3 aliphatic heterocycles. The predicted molar refractivity (Wildman–Crippen MR) is 144 cm³/mol. The fourth-order valence-electron chi connectivity index (χ4n) is 8.92. The molecular formula is C32H25NO4S. The van der Waals surface area contributed by atoms with Gasteiger partial charge in [-0.2, -0.15) is 0 Å². The van der Waals surface area contributed by atoms with Gasteiger partial charge in [-0.25, -0.2) is 0 Å². The molecule has 3 fully saturated rings. The van der Waals surface area contributed by atoms with Crippen molar-refractivity contribution in [3.63, 3.8) is 0 Å². The van der Waals surface area contributed by atoms with Gasteiger partial charge in [0.2, 0.25) is 6.79 Å². The molecule has 9 rings (SSSR count). The third-order valence-corrected chi connectivity index (χ3v) is 11.1. The van der Waals surface area contributed by atoms with E-state index in [1.54, 1.807) is 0 Å². The lowest BCUT2D eigenvalue weighted by molar-refractivity contribution is -0.131. The first kappa shape index (κ1) is 21.6. The Bertz CT molecular complexity index is 1600. The van der Waals surface area contributed by atoms with Crippen LogP contribution in [-0.2, 0) is 11.2 Å². The van der Waals surface area contributed by atoms with Crippen LogP contribution < -0.4 is 9.47 Å². The van der Waals surface area contributed by atoms with Gasteiger partial charge < -0.3 is 9.47 Å². The Balaban J connectivity index is 1.37. The van der Waals surface area contributed by atoms with E-state index in [1.165, 1.54) is 5.57 Å². The molecule has 7 aliphatic rings. The van der Waals surface area contributed by atoms with Gasteiger partial charge in [0.05, 0.1) is 5.41 Å². The highest BCUT2D eigenvalue weighted by Crippen LogP contribution is 2.72. The second-order valence-corrected chi connectivity index (χ2v) is 12.4. The summed E-state index contributed by atoms with van der Waals surface area (Å²) in [5.41, 5.74) is 3.25. The number of Topliss-reactive ketones (excluding diaryl/α,β-unsaturated/α-hetero) is 2. The third-order valence-electron chi connectivity index (χ3n) is 10.1. The predicted octanol–water partition coefficient (Wildman–Crippen LogP) is 4.86. The molecule has 0 bridgehead atoms. The van der Waals surface area contributed by atoms with Gasteiger partial charge in [0, 0.05) is 41.0 Å². The molecular weight excluding hydrogens is 494 g/mol. The molecule has 2 aromatic rings. The van der Waals surface area contributed by atoms with Crippen LogP contribution in [0.2, 0.25) is 0 Å². The van der Waals surface area contributed by atoms with Crippen molar-refractivity contribution in [3.05, 3.63) is 107 Å². The summed E-state index contributed by atoms with van der Waals surface area (Å²) >= 11 is 1.87. The molecule has 0 aromatic heterocycles. The van der Waals surface area contributed by atoms with E-state index in [-0.39, 0.29) is 42.2 Å². The lowest BCUT2D eigenvalue weighted by atomic mass is 9.57. The van der Waals surface area contributed by atoms with Crippen molar-refractivity contribution in [2.45, 2.75) is 23.9 Å². The van der Waals surface area contributed by atoms with E-state index < -0.39 is 11.0 Å². The monoisotopic (exact) mass is 519 g/mol. The summed E-state index contributed by atoms with van der Waals surface area (Å²) in [5.74, 6) is 2.98. The molecule has 0 amide bonds. The normalized spacial score (nSPS) is 37.2. The standard InChI is InChI=1S/C32H25NO4S/c34-29-21-8-2-1-5-20(21)14-31(29)28(19-11-12-25-26(13-19)37-17-36-25)24-15-38-16-33(24)32(31)23-10-4-7-18-6-3-9-22(27(18)23)30(32)35/h1-13,22,24,27-28H,14-17H2. The topological polar surface area (TPSA) is 55.8 Å². The lowest BCUT2D eigenvalue weighted by Gasteiger charge is -2.46. The third kappa shape index (κ3) is 2.25. The molecule has 2 saturated heterocycles. The first-order chi connectivity index (χ1) is 18.7. The fraction of sp³-hybridized carbons (Fsp3) is 0.312. The van der Waals surface area contributed by atoms with E-state index >= 15 is 9.59 Å². The highest BCUT2D eigenvalue weighted by molar-refractivity contribution is 7.99. The highest BCUT2D eigenvalue weighted by Gasteiger charge is 2.80. The number of benzene rings is 2. The maximum atomic E-state index is 15.1. The number of carbonyl (C=O) groups is 2. The Morgan fingerprint density at radius 1 is 1.00 bits per heavy atom. The molecule has 188 valence electrons. The van der Waals surface area contributed by atoms with Crippen molar-refractivity contribution in [1.82, 2.24) is 4.90 Å². The number of ether oxygens (including phenoxy) is 2. The van der Waals surface area contributed by atoms with E-state index in [0.717, 1.165) is 45.4 Å². The Morgan fingerprint density at radius 2 is 1.89 bits per heavy atom. The quantitative estimate of drug-likeness (QED) is 0.537. The number of thioether (sulfide) groups is 1. The van der Waals surface area contributed by atoms with E-state index in [4.69, 9.17) is 9.47 Å². The minimum absolute atomic E-state index is 0.00681. The van der Waals surface area contributed by atoms with Gasteiger partial charge in [-0.15, -0.1) is 11.8 Å². The van der Waals surface area contributed by atoms with E-state index in [2.05, 4.69) is 53.5 Å². The summed E-state index contributed by atoms with van der Waals surface area (Å²) < 4.78 is 11.4. The number of allylic oxidation sites excluding steroid dienone is 7. The van der Waals surface area contributed by atoms with Crippen LogP contribution in [0.5, 0.6) is 11.5 Å². The van der Waals surface area contributed by atoms with Gasteiger partial charge in [0.25, 0.3) is 0 Å². The average molecular weight is 520 g/mol. The summed E-state index contributed by atoms with van der Waals surface area (Å²) in [6.07, 6.45) is 13.2. The second-order valence-electron chi connectivity index (χ2n) is 11.4. The Labute approximate surface area is 224 Å². The van der Waals surface area contributed by atoms with Crippen molar-refractivity contribution in [2.75, 3.05) is 18.4 Å². The Kier molecular flexibility index (Phi) is 4.08. The average Bonchev–Trinajstić information content (AvgIpc) is 3.74. The fourth-order valence-corrected chi connectivity index (χ4v) is 10.2. The number of nitrogens with zero attached hydrogens (tertiary/aromatic N) is 1. The lowest BCUT2D eigenvalue weighted by Crippen LogP contribution is -2.61. The summed E-state index contributed by atoms with van der Waals surface area (Å²) in [7, 11) is 0. The molecule has 6 atom stereocenters. The number of ketones is 2. The van der Waals surface area contributed by atoms with Crippen LogP contribution in [0.15, 0.2) is 90.1 Å². The largest absolute Gasteiger partial charge is 0.454 e. The molecule has 0 N–H and O–H groups in total. The molecule has 1 saturated carbocycles. The van der Waals surface area contributed by atoms with Gasteiger partial charge in [-0.3, -0.25) is 14.5 Å². The number of fused-ring (bicyclic) bond motifs is 6. The van der Waals surface area contributed by atoms with Crippen molar-refractivity contribution in [1.29, 1.82) is 0 Å². The van der Waals surface area contributed by atoms with Gasteiger partial charge in [0.15, 0.2) is 23.1 Å². The van der Waals surface area contributed by atoms with E-state index in [0.29, 0.717) is 6.42 Å². The number of rotatable bonds is 1. The maximum absolute atomic E-state index is 15.1. The zero-order chi connectivity index (χ0) is 25.2. The van der Waals surface area contributed by atoms with E-state index in [1.807, 2.05) is 42.1 Å². The summed E-state index contributed by atoms with van der Waals surface area (Å²) in [6, 6.07) is 14.2. The molecule has 5 nitrogen and oxygen atoms in total. The summed E-state index contributed by atoms with van der Waals surface area (Å²) in [4.78, 5) is 32.5. The number of hydrogen-bond donors (Lipinski definition) is 0. The first-order valence-corrected chi connectivity index (χ1v) is 14.5. The van der Waals surface area contributed by atoms with Crippen LogP contribution in [0, 0.1) is 17.3 Å². The van der Waals surface area contributed by atoms with Gasteiger partial charge >= 0.3 is 0 Å². The van der Waals surface area contributed by atoms with Crippen molar-refractivity contribution >= 4 is 23.3 Å². The van der Waals surface area contributed by atoms with Crippen molar-refractivity contribution in [3.8, 4) is 11.5 Å². The Morgan fingerprint density at radius 3 is 2.82 bits per heavy atom. The van der Waals surface area contributed by atoms with Gasteiger partial charge in [-0.05, 0) is 40.8 Å². The van der Waals surface area contributed by atoms with E-state index in [9.17, 15) is 0 Å². The highest BCUT2D eigenvalue weighted by atomic mass is 32.2. The molecule has 3 heterocycles. The molecule has 6 heteroatoms. The van der Waals surface area contributed by atoms with Gasteiger partial charge in [-0.1, -0.05) is 66.8 Å². The molecule has 4 aliphatic carbocycles. The summed E-state index contributed by atoms with van der Waals surface area (Å²) in [6.45, 7) is 0.205. The molecule has 0 radical (unpaired) electrons. The van der Waals surface area contributed by atoms with Crippen LogP contribution in [0.4, 0.5) is 0 Å². The van der Waals surface area contributed by atoms with Crippen molar-refractivity contribution < 1.29 is 19.1 Å². The number of carbonyl (C=O) groups excluding carboxylic acids is 2. The molecule has 38 heavy (non-hydrogen) atoms. The second kappa shape index (κ2) is 7.19. The molecule has 2 spiro atoms. The number of hydrogen-bond acceptors (Lipinski definition) is 6. The van der Waals surface area contributed by atoms with Crippen LogP contribution in [0.1, 0.15) is 27.4 Å². The zero-order valence-corrected chi connectivity index (χ0v) is 21.4. The Hall–Kier alpha value is -3.35. The van der Waals surface area contributed by atoms with Gasteiger partial charge in [0.1, 0.15) is 5.54 Å². The zero-order valence-electron chi connectivity index (χ0n) is 20.6. The van der Waals surface area contributed by atoms with Crippen LogP contribution >= 0.6 is 11.8 Å². The molecule has 6 unspecified atom stereocenters. The van der Waals surface area contributed by atoms with Crippen LogP contribution in [0.3, 0.4) is 0 Å². The summed E-state index contributed by atoms with van der Waals surface area (Å²) in [5, 5.41) is 0. The maximum Gasteiger partial charge on any atom is 0.231 e. The molecule has 2 aromatic carbocycles. The minimum Gasteiger partial charge on any atom is -0.454 e. The van der Waals surface area contributed by atoms with Crippen molar-refractivity contribution in [2.24, 2.45) is 17.3 Å². The minimum atomic E-state index is -0.994. The van der Waals surface area contributed by atoms with Crippen LogP contribution in [-0.4, -0.2) is 46.5 Å².